The predicted molar refractivity (Wildman–Crippen MR) is 62.1 cm³/mol. The molecule has 5 heteroatoms. The summed E-state index contributed by atoms with van der Waals surface area (Å²) in [6.07, 6.45) is 5.28. The summed E-state index contributed by atoms with van der Waals surface area (Å²) in [5, 5.41) is 16.3. The van der Waals surface area contributed by atoms with Crippen LogP contribution in [-0.4, -0.2) is 22.7 Å². The van der Waals surface area contributed by atoms with E-state index in [2.05, 4.69) is 21.5 Å². The molecule has 17 heavy (non-hydrogen) atoms. The monoisotopic (exact) mass is 234 g/mol. The Morgan fingerprint density at radius 3 is 3.00 bits per heavy atom. The molecule has 0 bridgehead atoms. The Balaban J connectivity index is 1.76. The van der Waals surface area contributed by atoms with Gasteiger partial charge in [-0.2, -0.15) is 10.2 Å². The molecule has 1 aromatic heterocycles. The summed E-state index contributed by atoms with van der Waals surface area (Å²) in [6, 6.07) is 2.73. The molecular formula is C12H18N4O. The average molecular weight is 234 g/mol. The van der Waals surface area contributed by atoms with E-state index in [-0.39, 0.29) is 5.92 Å². The van der Waals surface area contributed by atoms with Gasteiger partial charge in [-0.3, -0.25) is 0 Å². The molecule has 0 aliphatic heterocycles. The largest absolute Gasteiger partial charge is 0.340 e. The second kappa shape index (κ2) is 5.78. The number of nitrogens with one attached hydrogen (secondary N) is 1. The van der Waals surface area contributed by atoms with Crippen molar-refractivity contribution in [1.82, 2.24) is 15.5 Å². The summed E-state index contributed by atoms with van der Waals surface area (Å²) in [5.41, 5.74) is 0. The Hall–Kier alpha value is -1.41. The molecule has 5 nitrogen and oxygen atoms in total. The lowest BCUT2D eigenvalue weighted by Gasteiger charge is -2.27. The van der Waals surface area contributed by atoms with E-state index in [9.17, 15) is 0 Å². The molecule has 1 saturated carbocycles. The van der Waals surface area contributed by atoms with Gasteiger partial charge in [-0.15, -0.1) is 0 Å². The molecule has 1 N–H and O–H groups in total. The van der Waals surface area contributed by atoms with Crippen LogP contribution in [0, 0.1) is 24.2 Å². The number of nitrogens with zero attached hydrogens (tertiary/aromatic N) is 3. The fraction of sp³-hybridized carbons (Fsp3) is 0.750. The van der Waals surface area contributed by atoms with Crippen LogP contribution in [0.25, 0.3) is 0 Å². The van der Waals surface area contributed by atoms with Crippen LogP contribution in [0.4, 0.5) is 0 Å². The summed E-state index contributed by atoms with van der Waals surface area (Å²) in [7, 11) is 0. The lowest BCUT2D eigenvalue weighted by Crippen LogP contribution is -2.39. The van der Waals surface area contributed by atoms with E-state index in [4.69, 9.17) is 9.78 Å². The maximum Gasteiger partial charge on any atom is 0.223 e. The molecule has 1 aromatic rings. The normalized spacial score (nSPS) is 24.5. The van der Waals surface area contributed by atoms with Gasteiger partial charge in [0.25, 0.3) is 0 Å². The van der Waals surface area contributed by atoms with E-state index < -0.39 is 0 Å². The molecule has 0 amide bonds. The minimum absolute atomic E-state index is 0.163. The topological polar surface area (TPSA) is 74.7 Å². The summed E-state index contributed by atoms with van der Waals surface area (Å²) >= 11 is 0. The summed E-state index contributed by atoms with van der Waals surface area (Å²) in [5.74, 6) is 1.50. The number of rotatable bonds is 4. The third-order valence-electron chi connectivity index (χ3n) is 3.26. The molecule has 0 spiro atoms. The van der Waals surface area contributed by atoms with Gasteiger partial charge in [-0.25, -0.2) is 0 Å². The van der Waals surface area contributed by atoms with Gasteiger partial charge in [-0.05, 0) is 12.8 Å². The van der Waals surface area contributed by atoms with Gasteiger partial charge >= 0.3 is 0 Å². The molecule has 2 unspecified atom stereocenters. The van der Waals surface area contributed by atoms with Crippen LogP contribution in [0.1, 0.15) is 37.4 Å². The van der Waals surface area contributed by atoms with Gasteiger partial charge < -0.3 is 9.84 Å². The van der Waals surface area contributed by atoms with Crippen molar-refractivity contribution in [3.05, 3.63) is 11.7 Å². The van der Waals surface area contributed by atoms with Gasteiger partial charge in [0.05, 0.1) is 12.0 Å². The first kappa shape index (κ1) is 12.1. The molecular weight excluding hydrogens is 216 g/mol. The van der Waals surface area contributed by atoms with Crippen LogP contribution in [0.2, 0.25) is 0 Å². The van der Waals surface area contributed by atoms with Gasteiger partial charge in [0.1, 0.15) is 0 Å². The van der Waals surface area contributed by atoms with Crippen molar-refractivity contribution in [2.45, 2.75) is 45.1 Å². The Labute approximate surface area is 101 Å². The van der Waals surface area contributed by atoms with Crippen molar-refractivity contribution in [1.29, 1.82) is 5.26 Å². The molecule has 2 rings (SSSR count). The van der Waals surface area contributed by atoms with Crippen LogP contribution >= 0.6 is 0 Å². The Morgan fingerprint density at radius 1 is 1.47 bits per heavy atom. The van der Waals surface area contributed by atoms with Gasteiger partial charge in [0.2, 0.25) is 5.89 Å². The minimum Gasteiger partial charge on any atom is -0.340 e. The van der Waals surface area contributed by atoms with Crippen molar-refractivity contribution in [3.8, 4) is 6.07 Å². The molecule has 1 aliphatic carbocycles. The van der Waals surface area contributed by atoms with Crippen LogP contribution in [0.5, 0.6) is 0 Å². The van der Waals surface area contributed by atoms with E-state index in [1.165, 1.54) is 12.8 Å². The lowest BCUT2D eigenvalue weighted by molar-refractivity contribution is 0.313. The fourth-order valence-corrected chi connectivity index (χ4v) is 2.34. The molecule has 1 aliphatic rings. The Bertz CT molecular complexity index is 395. The van der Waals surface area contributed by atoms with Crippen LogP contribution in [0.15, 0.2) is 4.52 Å². The van der Waals surface area contributed by atoms with E-state index >= 15 is 0 Å². The molecule has 1 fully saturated rings. The highest BCUT2D eigenvalue weighted by Gasteiger charge is 2.24. The number of nitriles is 1. The standard InChI is InChI=1S/C12H18N4O/c1-9-15-12(16-17-9)6-7-14-11-5-3-2-4-10(11)8-13/h10-11,14H,2-7H2,1H3. The third-order valence-corrected chi connectivity index (χ3v) is 3.26. The summed E-state index contributed by atoms with van der Waals surface area (Å²) in [6.45, 7) is 2.60. The SMILES string of the molecule is Cc1nc(CCNC2CCCCC2C#N)no1. The van der Waals surface area contributed by atoms with Gasteiger partial charge in [0.15, 0.2) is 5.82 Å². The Kier molecular flexibility index (Phi) is 4.10. The molecule has 0 aromatic carbocycles. The number of hydrogen-bond acceptors (Lipinski definition) is 5. The second-order valence-corrected chi connectivity index (χ2v) is 4.56. The highest BCUT2D eigenvalue weighted by molar-refractivity contribution is 4.95. The zero-order valence-corrected chi connectivity index (χ0v) is 10.1. The third kappa shape index (κ3) is 3.27. The molecule has 0 saturated heterocycles. The maximum atomic E-state index is 9.05. The van der Waals surface area contributed by atoms with Gasteiger partial charge in [-0.1, -0.05) is 18.0 Å². The highest BCUT2D eigenvalue weighted by Crippen LogP contribution is 2.23. The van der Waals surface area contributed by atoms with Crippen molar-refractivity contribution in [2.75, 3.05) is 6.54 Å². The van der Waals surface area contributed by atoms with E-state index in [0.29, 0.717) is 11.9 Å². The first-order valence-electron chi connectivity index (χ1n) is 6.22. The highest BCUT2D eigenvalue weighted by atomic mass is 16.5. The smallest absolute Gasteiger partial charge is 0.223 e. The first-order chi connectivity index (χ1) is 8.29. The first-order valence-corrected chi connectivity index (χ1v) is 6.22. The van der Waals surface area contributed by atoms with E-state index in [0.717, 1.165) is 31.6 Å². The minimum atomic E-state index is 0.163. The van der Waals surface area contributed by atoms with Crippen LogP contribution < -0.4 is 5.32 Å². The van der Waals surface area contributed by atoms with Crippen LogP contribution in [-0.2, 0) is 6.42 Å². The number of hydrogen-bond donors (Lipinski definition) is 1. The number of aromatic nitrogens is 2. The lowest BCUT2D eigenvalue weighted by atomic mass is 9.85. The van der Waals surface area contributed by atoms with E-state index in [1.54, 1.807) is 6.92 Å². The van der Waals surface area contributed by atoms with Crippen molar-refractivity contribution in [2.24, 2.45) is 5.92 Å². The predicted octanol–water partition coefficient (Wildman–Crippen LogP) is 1.59. The maximum absolute atomic E-state index is 9.05. The zero-order chi connectivity index (χ0) is 12.1. The number of aryl methyl sites for hydroxylation is 1. The second-order valence-electron chi connectivity index (χ2n) is 4.56. The fourth-order valence-electron chi connectivity index (χ4n) is 2.34. The van der Waals surface area contributed by atoms with E-state index in [1.807, 2.05) is 0 Å². The zero-order valence-electron chi connectivity index (χ0n) is 10.1. The van der Waals surface area contributed by atoms with Gasteiger partial charge in [0, 0.05) is 25.9 Å². The van der Waals surface area contributed by atoms with Crippen molar-refractivity contribution >= 4 is 0 Å². The quantitative estimate of drug-likeness (QED) is 0.856. The molecule has 1 heterocycles. The van der Waals surface area contributed by atoms with Crippen molar-refractivity contribution < 1.29 is 4.52 Å². The molecule has 92 valence electrons. The van der Waals surface area contributed by atoms with Crippen LogP contribution in [0.3, 0.4) is 0 Å². The average Bonchev–Trinajstić information content (AvgIpc) is 2.76. The molecule has 2 atom stereocenters. The molecule has 0 radical (unpaired) electrons. The Morgan fingerprint density at radius 2 is 2.29 bits per heavy atom. The summed E-state index contributed by atoms with van der Waals surface area (Å²) in [4.78, 5) is 4.15. The summed E-state index contributed by atoms with van der Waals surface area (Å²) < 4.78 is 4.91. The van der Waals surface area contributed by atoms with Crippen molar-refractivity contribution in [3.63, 3.8) is 0 Å².